The Balaban J connectivity index is 1.83. The van der Waals surface area contributed by atoms with Gasteiger partial charge in [-0.25, -0.2) is 0 Å². The summed E-state index contributed by atoms with van der Waals surface area (Å²) in [5.41, 5.74) is 9.04. The Bertz CT molecular complexity index is 417. The normalized spacial score (nSPS) is 26.6. The molecular formula is C15H22N2O. The Morgan fingerprint density at radius 3 is 2.67 bits per heavy atom. The van der Waals surface area contributed by atoms with E-state index in [-0.39, 0.29) is 6.04 Å². The molecule has 2 unspecified atom stereocenters. The van der Waals surface area contributed by atoms with Crippen molar-refractivity contribution in [3.8, 4) is 0 Å². The molecule has 1 fully saturated rings. The maximum Gasteiger partial charge on any atom is 0.0590 e. The van der Waals surface area contributed by atoms with Gasteiger partial charge in [-0.05, 0) is 30.4 Å². The largest absolute Gasteiger partial charge is 0.383 e. The van der Waals surface area contributed by atoms with Crippen molar-refractivity contribution in [2.75, 3.05) is 20.3 Å². The summed E-state index contributed by atoms with van der Waals surface area (Å²) in [7, 11) is 1.78. The van der Waals surface area contributed by atoms with E-state index in [4.69, 9.17) is 10.5 Å². The average molecular weight is 246 g/mol. The monoisotopic (exact) mass is 246 g/mol. The average Bonchev–Trinajstić information content (AvgIpc) is 3.17. The topological polar surface area (TPSA) is 38.5 Å². The first-order chi connectivity index (χ1) is 8.81. The molecule has 1 saturated carbocycles. The molecule has 2 aliphatic rings. The van der Waals surface area contributed by atoms with Crippen LogP contribution in [0.15, 0.2) is 24.3 Å². The standard InChI is InChI=1S/C15H22N2O/c1-18-9-8-17(11-6-7-11)15-10-14(16)12-4-2-3-5-13(12)15/h2-5,11,14-15H,6-10,16H2,1H3. The number of nitrogens with zero attached hydrogens (tertiary/aromatic N) is 1. The summed E-state index contributed by atoms with van der Waals surface area (Å²) < 4.78 is 5.25. The van der Waals surface area contributed by atoms with Gasteiger partial charge in [0.05, 0.1) is 6.61 Å². The van der Waals surface area contributed by atoms with Crippen molar-refractivity contribution in [2.24, 2.45) is 5.73 Å². The molecule has 3 nitrogen and oxygen atoms in total. The van der Waals surface area contributed by atoms with Gasteiger partial charge in [0.15, 0.2) is 0 Å². The second-order valence-electron chi connectivity index (χ2n) is 5.45. The van der Waals surface area contributed by atoms with Gasteiger partial charge in [0, 0.05) is 31.8 Å². The molecule has 3 rings (SSSR count). The molecule has 0 aliphatic heterocycles. The van der Waals surface area contributed by atoms with Crippen LogP contribution in [0.25, 0.3) is 0 Å². The van der Waals surface area contributed by atoms with Gasteiger partial charge in [-0.1, -0.05) is 24.3 Å². The summed E-state index contributed by atoms with van der Waals surface area (Å²) in [5, 5.41) is 0. The molecular weight excluding hydrogens is 224 g/mol. The van der Waals surface area contributed by atoms with Gasteiger partial charge in [0.25, 0.3) is 0 Å². The second-order valence-corrected chi connectivity index (χ2v) is 5.45. The van der Waals surface area contributed by atoms with E-state index in [0.29, 0.717) is 6.04 Å². The number of rotatable bonds is 5. The van der Waals surface area contributed by atoms with E-state index >= 15 is 0 Å². The number of hydrogen-bond donors (Lipinski definition) is 1. The third-order valence-electron chi connectivity index (χ3n) is 4.20. The molecule has 0 spiro atoms. The SMILES string of the molecule is COCCN(C1CC1)C1CC(N)c2ccccc21. The zero-order valence-corrected chi connectivity index (χ0v) is 11.0. The third kappa shape index (κ3) is 2.18. The molecule has 0 aromatic heterocycles. The molecule has 0 radical (unpaired) electrons. The van der Waals surface area contributed by atoms with Crippen LogP contribution < -0.4 is 5.73 Å². The summed E-state index contributed by atoms with van der Waals surface area (Å²) in [6.07, 6.45) is 3.72. The predicted octanol–water partition coefficient (Wildman–Crippen LogP) is 2.24. The first-order valence-electron chi connectivity index (χ1n) is 6.90. The fourth-order valence-electron chi connectivity index (χ4n) is 3.16. The van der Waals surface area contributed by atoms with Crippen LogP contribution in [-0.2, 0) is 4.74 Å². The minimum atomic E-state index is 0.204. The quantitative estimate of drug-likeness (QED) is 0.866. The summed E-state index contributed by atoms with van der Waals surface area (Å²) in [6, 6.07) is 10.1. The van der Waals surface area contributed by atoms with Crippen molar-refractivity contribution < 1.29 is 4.74 Å². The van der Waals surface area contributed by atoms with Crippen LogP contribution in [0.5, 0.6) is 0 Å². The molecule has 0 bridgehead atoms. The predicted molar refractivity (Wildman–Crippen MR) is 72.3 cm³/mol. The van der Waals surface area contributed by atoms with Crippen LogP contribution >= 0.6 is 0 Å². The maximum atomic E-state index is 6.27. The first-order valence-corrected chi connectivity index (χ1v) is 6.90. The van der Waals surface area contributed by atoms with Gasteiger partial charge in [-0.15, -0.1) is 0 Å². The fraction of sp³-hybridized carbons (Fsp3) is 0.600. The number of hydrogen-bond acceptors (Lipinski definition) is 3. The smallest absolute Gasteiger partial charge is 0.0590 e. The van der Waals surface area contributed by atoms with E-state index in [1.54, 1.807) is 7.11 Å². The minimum Gasteiger partial charge on any atom is -0.383 e. The molecule has 1 aromatic rings. The van der Waals surface area contributed by atoms with Crippen LogP contribution in [0.2, 0.25) is 0 Å². The van der Waals surface area contributed by atoms with Crippen molar-refractivity contribution in [1.82, 2.24) is 4.90 Å². The number of benzene rings is 1. The fourth-order valence-corrected chi connectivity index (χ4v) is 3.16. The van der Waals surface area contributed by atoms with Crippen LogP contribution in [0.4, 0.5) is 0 Å². The van der Waals surface area contributed by atoms with E-state index in [1.165, 1.54) is 24.0 Å². The molecule has 0 saturated heterocycles. The van der Waals surface area contributed by atoms with E-state index in [0.717, 1.165) is 25.6 Å². The highest BCUT2D eigenvalue weighted by Gasteiger charge is 2.39. The van der Waals surface area contributed by atoms with Crippen molar-refractivity contribution >= 4 is 0 Å². The van der Waals surface area contributed by atoms with Gasteiger partial charge < -0.3 is 10.5 Å². The number of ether oxygens (including phenoxy) is 1. The number of methoxy groups -OCH3 is 1. The van der Waals surface area contributed by atoms with Crippen molar-refractivity contribution in [3.05, 3.63) is 35.4 Å². The van der Waals surface area contributed by atoms with Crippen molar-refractivity contribution in [3.63, 3.8) is 0 Å². The lowest BCUT2D eigenvalue weighted by molar-refractivity contribution is 0.111. The zero-order valence-electron chi connectivity index (χ0n) is 11.0. The molecule has 2 N–H and O–H groups in total. The summed E-state index contributed by atoms with van der Waals surface area (Å²) in [4.78, 5) is 2.61. The van der Waals surface area contributed by atoms with Crippen molar-refractivity contribution in [2.45, 2.75) is 37.4 Å². The minimum absolute atomic E-state index is 0.204. The molecule has 0 amide bonds. The summed E-state index contributed by atoms with van der Waals surface area (Å²) in [6.45, 7) is 1.83. The number of nitrogens with two attached hydrogens (primary N) is 1. The first kappa shape index (κ1) is 12.2. The molecule has 3 heteroatoms. The van der Waals surface area contributed by atoms with E-state index in [9.17, 15) is 0 Å². The lowest BCUT2D eigenvalue weighted by Gasteiger charge is -2.29. The Morgan fingerprint density at radius 2 is 2.00 bits per heavy atom. The van der Waals surface area contributed by atoms with E-state index in [2.05, 4.69) is 29.2 Å². The third-order valence-corrected chi connectivity index (χ3v) is 4.20. The Hall–Kier alpha value is -0.900. The Morgan fingerprint density at radius 1 is 1.28 bits per heavy atom. The highest BCUT2D eigenvalue weighted by atomic mass is 16.5. The van der Waals surface area contributed by atoms with Gasteiger partial charge >= 0.3 is 0 Å². The van der Waals surface area contributed by atoms with E-state index in [1.807, 2.05) is 0 Å². The highest BCUT2D eigenvalue weighted by Crippen LogP contribution is 2.44. The lowest BCUT2D eigenvalue weighted by atomic mass is 10.1. The molecule has 2 aliphatic carbocycles. The lowest BCUT2D eigenvalue weighted by Crippen LogP contribution is -2.33. The van der Waals surface area contributed by atoms with Crippen molar-refractivity contribution in [1.29, 1.82) is 0 Å². The number of fused-ring (bicyclic) bond motifs is 1. The van der Waals surface area contributed by atoms with E-state index < -0.39 is 0 Å². The molecule has 98 valence electrons. The molecule has 18 heavy (non-hydrogen) atoms. The summed E-state index contributed by atoms with van der Waals surface area (Å²) >= 11 is 0. The summed E-state index contributed by atoms with van der Waals surface area (Å²) in [5.74, 6) is 0. The van der Waals surface area contributed by atoms with Crippen LogP contribution in [0, 0.1) is 0 Å². The second kappa shape index (κ2) is 5.00. The van der Waals surface area contributed by atoms with Crippen LogP contribution in [-0.4, -0.2) is 31.2 Å². The van der Waals surface area contributed by atoms with Crippen LogP contribution in [0.3, 0.4) is 0 Å². The molecule has 2 atom stereocenters. The maximum absolute atomic E-state index is 6.27. The Kier molecular flexibility index (Phi) is 3.37. The van der Waals surface area contributed by atoms with Crippen LogP contribution in [0.1, 0.15) is 42.5 Å². The zero-order chi connectivity index (χ0) is 12.5. The Labute approximate surface area is 109 Å². The van der Waals surface area contributed by atoms with Gasteiger partial charge in [0.2, 0.25) is 0 Å². The highest BCUT2D eigenvalue weighted by molar-refractivity contribution is 5.37. The van der Waals surface area contributed by atoms with Gasteiger partial charge in [0.1, 0.15) is 0 Å². The van der Waals surface area contributed by atoms with Gasteiger partial charge in [-0.3, -0.25) is 4.90 Å². The van der Waals surface area contributed by atoms with Gasteiger partial charge in [-0.2, -0.15) is 0 Å². The molecule has 0 heterocycles. The molecule has 1 aromatic carbocycles.